The maximum absolute atomic E-state index is 10.8. The van der Waals surface area contributed by atoms with Crippen molar-refractivity contribution in [2.24, 2.45) is 0 Å². The maximum atomic E-state index is 10.8. The summed E-state index contributed by atoms with van der Waals surface area (Å²) >= 11 is 1.74. The fraction of sp³-hybridized carbons (Fsp3) is 0.250. The van der Waals surface area contributed by atoms with E-state index in [9.17, 15) is 4.79 Å². The number of carbonyl (C=O) groups excluding carboxylic acids is 1. The summed E-state index contributed by atoms with van der Waals surface area (Å²) in [6, 6.07) is 4.18. The van der Waals surface area contributed by atoms with Crippen LogP contribution in [0.15, 0.2) is 30.0 Å². The number of allylic oxidation sites excluding steroid dienone is 1. The first-order chi connectivity index (χ1) is 7.28. The molecule has 78 valence electrons. The zero-order valence-electron chi connectivity index (χ0n) is 8.53. The molecule has 2 nitrogen and oxygen atoms in total. The molecule has 15 heavy (non-hydrogen) atoms. The first kappa shape index (κ1) is 10.2. The monoisotopic (exact) mass is 220 g/mol. The van der Waals surface area contributed by atoms with Crippen molar-refractivity contribution in [3.63, 3.8) is 0 Å². The van der Waals surface area contributed by atoms with Gasteiger partial charge in [-0.1, -0.05) is 13.3 Å². The minimum atomic E-state index is -0.286. The number of cyclic esters (lactones) is 1. The maximum Gasteiger partial charge on any atom is 0.336 e. The zero-order chi connectivity index (χ0) is 10.7. The molecule has 0 bridgehead atoms. The van der Waals surface area contributed by atoms with E-state index in [1.54, 1.807) is 17.4 Å². The Morgan fingerprint density at radius 1 is 1.40 bits per heavy atom. The molecule has 0 N–H and O–H groups in total. The molecular weight excluding hydrogens is 208 g/mol. The molecule has 1 aromatic rings. The van der Waals surface area contributed by atoms with Crippen LogP contribution in [0.5, 0.6) is 0 Å². The molecule has 0 atom stereocenters. The highest BCUT2D eigenvalue weighted by Crippen LogP contribution is 2.22. The average molecular weight is 220 g/mol. The molecule has 0 saturated carbocycles. The van der Waals surface area contributed by atoms with Gasteiger partial charge in [0, 0.05) is 15.8 Å². The van der Waals surface area contributed by atoms with E-state index >= 15 is 0 Å². The van der Waals surface area contributed by atoms with Crippen molar-refractivity contribution in [3.05, 3.63) is 39.8 Å². The molecular formula is C12H12O2S. The first-order valence-corrected chi connectivity index (χ1v) is 5.80. The van der Waals surface area contributed by atoms with E-state index in [0.717, 1.165) is 17.7 Å². The number of aryl methyl sites for hydroxylation is 1. The molecule has 1 aliphatic rings. The Kier molecular flexibility index (Phi) is 3.02. The highest BCUT2D eigenvalue weighted by molar-refractivity contribution is 7.12. The van der Waals surface area contributed by atoms with Crippen molar-refractivity contribution in [1.82, 2.24) is 0 Å². The predicted octanol–water partition coefficient (Wildman–Crippen LogP) is 3.15. The molecule has 1 aliphatic heterocycles. The van der Waals surface area contributed by atoms with Crippen molar-refractivity contribution < 1.29 is 9.53 Å². The van der Waals surface area contributed by atoms with Gasteiger partial charge in [-0.25, -0.2) is 4.79 Å². The fourth-order valence-corrected chi connectivity index (χ4v) is 2.46. The van der Waals surface area contributed by atoms with E-state index in [1.165, 1.54) is 11.0 Å². The molecule has 3 heteroatoms. The summed E-state index contributed by atoms with van der Waals surface area (Å²) in [4.78, 5) is 13.3. The van der Waals surface area contributed by atoms with E-state index in [2.05, 4.69) is 19.1 Å². The van der Waals surface area contributed by atoms with Crippen LogP contribution in [0.1, 0.15) is 23.1 Å². The molecule has 1 aromatic heterocycles. The lowest BCUT2D eigenvalue weighted by Gasteiger charge is -1.93. The molecule has 0 amide bonds. The highest BCUT2D eigenvalue weighted by Gasteiger charge is 2.09. The van der Waals surface area contributed by atoms with Gasteiger partial charge >= 0.3 is 5.97 Å². The summed E-state index contributed by atoms with van der Waals surface area (Å²) in [6.45, 7) is 2.17. The van der Waals surface area contributed by atoms with Crippen LogP contribution in [-0.4, -0.2) is 5.97 Å². The third-order valence-corrected chi connectivity index (χ3v) is 3.16. The molecule has 0 spiro atoms. The summed E-state index contributed by atoms with van der Waals surface area (Å²) in [7, 11) is 0. The van der Waals surface area contributed by atoms with Crippen molar-refractivity contribution in [2.45, 2.75) is 19.8 Å². The Balaban J connectivity index is 2.10. The van der Waals surface area contributed by atoms with Gasteiger partial charge in [-0.3, -0.25) is 0 Å². The van der Waals surface area contributed by atoms with Crippen LogP contribution in [-0.2, 0) is 16.0 Å². The number of rotatable bonds is 3. The normalized spacial score (nSPS) is 17.4. The minimum Gasteiger partial charge on any atom is -0.423 e. The summed E-state index contributed by atoms with van der Waals surface area (Å²) in [5.41, 5.74) is 0. The molecule has 0 unspecified atom stereocenters. The summed E-state index contributed by atoms with van der Waals surface area (Å²) in [6.07, 6.45) is 7.30. The zero-order valence-corrected chi connectivity index (χ0v) is 9.34. The van der Waals surface area contributed by atoms with E-state index < -0.39 is 0 Å². The van der Waals surface area contributed by atoms with Crippen LogP contribution < -0.4 is 0 Å². The Labute approximate surface area is 92.9 Å². The number of hydrogen-bond donors (Lipinski definition) is 0. The third kappa shape index (κ3) is 2.57. The number of hydrogen-bond acceptors (Lipinski definition) is 3. The summed E-state index contributed by atoms with van der Waals surface area (Å²) in [5, 5.41) is 0. The van der Waals surface area contributed by atoms with Gasteiger partial charge in [0.25, 0.3) is 0 Å². The minimum absolute atomic E-state index is 0.286. The fourth-order valence-electron chi connectivity index (χ4n) is 1.40. The summed E-state index contributed by atoms with van der Waals surface area (Å²) < 4.78 is 4.95. The molecule has 0 saturated heterocycles. The topological polar surface area (TPSA) is 26.3 Å². The standard InChI is InChI=1S/C12H12O2S/c1-2-3-10-5-6-11(15-10)8-9-4-7-12(13)14-9/h4-8H,2-3H2,1H3/b9-8-. The Bertz CT molecular complexity index is 427. The molecule has 0 fully saturated rings. The van der Waals surface area contributed by atoms with Gasteiger partial charge in [-0.15, -0.1) is 11.3 Å². The smallest absolute Gasteiger partial charge is 0.336 e. The molecule has 2 heterocycles. The van der Waals surface area contributed by atoms with Gasteiger partial charge in [0.1, 0.15) is 5.76 Å². The quantitative estimate of drug-likeness (QED) is 0.731. The Morgan fingerprint density at radius 2 is 2.27 bits per heavy atom. The predicted molar refractivity (Wildman–Crippen MR) is 61.5 cm³/mol. The van der Waals surface area contributed by atoms with Gasteiger partial charge in [0.05, 0.1) is 0 Å². The number of esters is 1. The van der Waals surface area contributed by atoms with E-state index in [1.807, 2.05) is 6.08 Å². The van der Waals surface area contributed by atoms with Crippen LogP contribution >= 0.6 is 11.3 Å². The van der Waals surface area contributed by atoms with Crippen molar-refractivity contribution in [3.8, 4) is 0 Å². The van der Waals surface area contributed by atoms with E-state index in [4.69, 9.17) is 4.74 Å². The Hall–Kier alpha value is -1.35. The molecule has 0 radical (unpaired) electrons. The first-order valence-electron chi connectivity index (χ1n) is 4.98. The molecule has 0 aromatic carbocycles. The second-order valence-corrected chi connectivity index (χ2v) is 4.56. The van der Waals surface area contributed by atoms with Gasteiger partial charge < -0.3 is 4.74 Å². The number of carbonyl (C=O) groups is 1. The Morgan fingerprint density at radius 3 is 2.93 bits per heavy atom. The molecule has 0 aliphatic carbocycles. The molecule has 2 rings (SSSR count). The van der Waals surface area contributed by atoms with Gasteiger partial charge in [0.15, 0.2) is 0 Å². The lowest BCUT2D eigenvalue weighted by Crippen LogP contribution is -1.89. The van der Waals surface area contributed by atoms with E-state index in [-0.39, 0.29) is 5.97 Å². The average Bonchev–Trinajstić information content (AvgIpc) is 2.78. The van der Waals surface area contributed by atoms with Crippen LogP contribution in [0.4, 0.5) is 0 Å². The largest absolute Gasteiger partial charge is 0.423 e. The lowest BCUT2D eigenvalue weighted by atomic mass is 10.3. The van der Waals surface area contributed by atoms with E-state index in [0.29, 0.717) is 5.76 Å². The SMILES string of the molecule is CCCc1ccc(/C=C2/C=CC(=O)O2)s1. The van der Waals surface area contributed by atoms with Gasteiger partial charge in [-0.05, 0) is 30.7 Å². The lowest BCUT2D eigenvalue weighted by molar-refractivity contribution is -0.132. The van der Waals surface area contributed by atoms with Crippen LogP contribution in [0.3, 0.4) is 0 Å². The number of ether oxygens (including phenoxy) is 1. The van der Waals surface area contributed by atoms with Crippen molar-refractivity contribution in [2.75, 3.05) is 0 Å². The third-order valence-electron chi connectivity index (χ3n) is 2.07. The van der Waals surface area contributed by atoms with Crippen LogP contribution in [0, 0.1) is 0 Å². The van der Waals surface area contributed by atoms with Crippen LogP contribution in [0.2, 0.25) is 0 Å². The van der Waals surface area contributed by atoms with Crippen molar-refractivity contribution >= 4 is 23.4 Å². The van der Waals surface area contributed by atoms with Crippen LogP contribution in [0.25, 0.3) is 6.08 Å². The highest BCUT2D eigenvalue weighted by atomic mass is 32.1. The second-order valence-electron chi connectivity index (χ2n) is 3.36. The summed E-state index contributed by atoms with van der Waals surface area (Å²) in [5.74, 6) is 0.344. The van der Waals surface area contributed by atoms with Gasteiger partial charge in [0.2, 0.25) is 0 Å². The van der Waals surface area contributed by atoms with Crippen molar-refractivity contribution in [1.29, 1.82) is 0 Å². The van der Waals surface area contributed by atoms with Gasteiger partial charge in [-0.2, -0.15) is 0 Å². The number of thiophene rings is 1. The second kappa shape index (κ2) is 4.45.